The maximum atomic E-state index is 12.6. The zero-order chi connectivity index (χ0) is 19.4. The van der Waals surface area contributed by atoms with Gasteiger partial charge in [0.05, 0.1) is 13.7 Å². The summed E-state index contributed by atoms with van der Waals surface area (Å²) in [6.07, 6.45) is 0.898. The molecule has 2 aromatic rings. The molecule has 2 heterocycles. The molecule has 1 aromatic heterocycles. The van der Waals surface area contributed by atoms with Crippen LogP contribution in [0.4, 0.5) is 8.78 Å². The van der Waals surface area contributed by atoms with Gasteiger partial charge in [0.25, 0.3) is 0 Å². The Morgan fingerprint density at radius 3 is 2.89 bits per heavy atom. The first-order valence-electron chi connectivity index (χ1n) is 8.59. The van der Waals surface area contributed by atoms with Crippen molar-refractivity contribution in [3.63, 3.8) is 0 Å². The highest BCUT2D eigenvalue weighted by atomic mass is 32.1. The van der Waals surface area contributed by atoms with Crippen molar-refractivity contribution < 1.29 is 23.0 Å². The topological polar surface area (TPSA) is 42.0 Å². The molecule has 0 spiro atoms. The van der Waals surface area contributed by atoms with Crippen molar-refractivity contribution in [3.05, 3.63) is 45.6 Å². The van der Waals surface area contributed by atoms with Crippen molar-refractivity contribution in [1.82, 2.24) is 9.80 Å². The van der Waals surface area contributed by atoms with Gasteiger partial charge in [0, 0.05) is 24.5 Å². The van der Waals surface area contributed by atoms with Crippen LogP contribution < -0.4 is 9.47 Å². The van der Waals surface area contributed by atoms with Gasteiger partial charge < -0.3 is 14.4 Å². The Bertz CT molecular complexity index is 797. The lowest BCUT2D eigenvalue weighted by Gasteiger charge is -2.29. The highest BCUT2D eigenvalue weighted by Gasteiger charge is 2.22. The van der Waals surface area contributed by atoms with Crippen LogP contribution in [0.5, 0.6) is 11.5 Å². The number of likely N-dealkylation sites (N-methyl/N-ethyl adjacent to an activating group) is 1. The second kappa shape index (κ2) is 8.67. The van der Waals surface area contributed by atoms with E-state index < -0.39 is 6.61 Å². The van der Waals surface area contributed by atoms with Gasteiger partial charge in [-0.15, -0.1) is 11.3 Å². The van der Waals surface area contributed by atoms with Crippen molar-refractivity contribution >= 4 is 17.2 Å². The van der Waals surface area contributed by atoms with E-state index in [2.05, 4.69) is 16.2 Å². The predicted octanol–water partition coefficient (Wildman–Crippen LogP) is 3.37. The molecule has 0 aliphatic carbocycles. The third-order valence-corrected chi connectivity index (χ3v) is 5.49. The standard InChI is InChI=1S/C19H22F2N2O3S/c1-22(10-13-3-4-15(25-2)16(9-13)26-19(20)21)12-18(24)23-7-5-17-14(11-23)6-8-27-17/h3-4,6,8-9,19H,5,7,10-12H2,1-2H3. The van der Waals surface area contributed by atoms with Gasteiger partial charge in [-0.1, -0.05) is 6.07 Å². The Kier molecular flexibility index (Phi) is 6.28. The minimum Gasteiger partial charge on any atom is -0.493 e. The van der Waals surface area contributed by atoms with Crippen LogP contribution in [0.3, 0.4) is 0 Å². The summed E-state index contributed by atoms with van der Waals surface area (Å²) >= 11 is 1.74. The lowest BCUT2D eigenvalue weighted by atomic mass is 10.1. The molecule has 0 N–H and O–H groups in total. The molecular formula is C19H22F2N2O3S. The number of carbonyl (C=O) groups is 1. The molecular weight excluding hydrogens is 374 g/mol. The first kappa shape index (κ1) is 19.6. The number of hydrogen-bond donors (Lipinski definition) is 0. The van der Waals surface area contributed by atoms with Gasteiger partial charge in [0.1, 0.15) is 0 Å². The lowest BCUT2D eigenvalue weighted by molar-refractivity contribution is -0.133. The average Bonchev–Trinajstić information content (AvgIpc) is 3.09. The number of hydrogen-bond acceptors (Lipinski definition) is 5. The van der Waals surface area contributed by atoms with Gasteiger partial charge in [0.2, 0.25) is 5.91 Å². The van der Waals surface area contributed by atoms with Gasteiger partial charge >= 0.3 is 6.61 Å². The van der Waals surface area contributed by atoms with Crippen LogP contribution in [0.25, 0.3) is 0 Å². The molecule has 8 heteroatoms. The summed E-state index contributed by atoms with van der Waals surface area (Å²) in [5, 5.41) is 2.06. The third-order valence-electron chi connectivity index (χ3n) is 4.46. The molecule has 146 valence electrons. The molecule has 1 aliphatic rings. The maximum Gasteiger partial charge on any atom is 0.387 e. The second-order valence-corrected chi connectivity index (χ2v) is 7.47. The number of nitrogens with zero attached hydrogens (tertiary/aromatic N) is 2. The van der Waals surface area contributed by atoms with Crippen molar-refractivity contribution in [2.24, 2.45) is 0 Å². The molecule has 5 nitrogen and oxygen atoms in total. The number of amides is 1. The van der Waals surface area contributed by atoms with Gasteiger partial charge in [0.15, 0.2) is 11.5 Å². The molecule has 1 amide bonds. The van der Waals surface area contributed by atoms with Crippen LogP contribution in [0, 0.1) is 0 Å². The Labute approximate surface area is 161 Å². The lowest BCUT2D eigenvalue weighted by Crippen LogP contribution is -2.41. The molecule has 27 heavy (non-hydrogen) atoms. The van der Waals surface area contributed by atoms with Crippen LogP contribution in [-0.4, -0.2) is 49.6 Å². The first-order valence-corrected chi connectivity index (χ1v) is 9.47. The zero-order valence-corrected chi connectivity index (χ0v) is 16.1. The van der Waals surface area contributed by atoms with Crippen molar-refractivity contribution in [2.45, 2.75) is 26.1 Å². The van der Waals surface area contributed by atoms with E-state index in [1.165, 1.54) is 23.6 Å². The van der Waals surface area contributed by atoms with Gasteiger partial charge in [-0.3, -0.25) is 9.69 Å². The maximum absolute atomic E-state index is 12.6. The molecule has 0 radical (unpaired) electrons. The van der Waals surface area contributed by atoms with Gasteiger partial charge in [-0.25, -0.2) is 0 Å². The summed E-state index contributed by atoms with van der Waals surface area (Å²) in [6, 6.07) is 6.96. The number of ether oxygens (including phenoxy) is 2. The molecule has 0 unspecified atom stereocenters. The SMILES string of the molecule is COc1ccc(CN(C)CC(=O)N2CCc3sccc3C2)cc1OC(F)F. The molecule has 3 rings (SSSR count). The van der Waals surface area contributed by atoms with Crippen LogP contribution in [0.2, 0.25) is 0 Å². The van der Waals surface area contributed by atoms with Crippen molar-refractivity contribution in [1.29, 1.82) is 0 Å². The minimum absolute atomic E-state index is 0.00857. The van der Waals surface area contributed by atoms with E-state index in [1.54, 1.807) is 23.5 Å². The number of fused-ring (bicyclic) bond motifs is 1. The number of methoxy groups -OCH3 is 1. The van der Waals surface area contributed by atoms with E-state index in [4.69, 9.17) is 4.74 Å². The summed E-state index contributed by atoms with van der Waals surface area (Å²) in [5.74, 6) is 0.301. The summed E-state index contributed by atoms with van der Waals surface area (Å²) in [6.45, 7) is -0.839. The Morgan fingerprint density at radius 2 is 2.15 bits per heavy atom. The molecule has 1 aromatic carbocycles. The largest absolute Gasteiger partial charge is 0.493 e. The molecule has 0 atom stereocenters. The molecule has 0 saturated carbocycles. The fourth-order valence-corrected chi connectivity index (χ4v) is 4.06. The number of carbonyl (C=O) groups excluding carboxylic acids is 1. The van der Waals surface area contributed by atoms with E-state index in [1.807, 2.05) is 16.8 Å². The average molecular weight is 396 g/mol. The van der Waals surface area contributed by atoms with Crippen LogP contribution in [0.1, 0.15) is 16.0 Å². The third kappa shape index (κ3) is 4.95. The quantitative estimate of drug-likeness (QED) is 0.720. The Morgan fingerprint density at radius 1 is 1.33 bits per heavy atom. The Balaban J connectivity index is 1.59. The molecule has 1 aliphatic heterocycles. The van der Waals surface area contributed by atoms with E-state index in [-0.39, 0.29) is 24.0 Å². The number of thiophene rings is 1. The second-order valence-electron chi connectivity index (χ2n) is 6.47. The number of benzene rings is 1. The monoisotopic (exact) mass is 396 g/mol. The first-order chi connectivity index (χ1) is 13.0. The van der Waals surface area contributed by atoms with E-state index in [0.717, 1.165) is 18.5 Å². The van der Waals surface area contributed by atoms with Gasteiger partial charge in [-0.2, -0.15) is 8.78 Å². The highest BCUT2D eigenvalue weighted by molar-refractivity contribution is 7.10. The summed E-state index contributed by atoms with van der Waals surface area (Å²) in [5.41, 5.74) is 1.99. The minimum atomic E-state index is -2.92. The smallest absolute Gasteiger partial charge is 0.387 e. The Hall–Kier alpha value is -2.19. The van der Waals surface area contributed by atoms with Crippen LogP contribution in [0.15, 0.2) is 29.6 Å². The fourth-order valence-electron chi connectivity index (χ4n) is 3.17. The van der Waals surface area contributed by atoms with Crippen molar-refractivity contribution in [2.75, 3.05) is 27.2 Å². The number of halogens is 2. The molecule has 0 fully saturated rings. The van der Waals surface area contributed by atoms with E-state index >= 15 is 0 Å². The van der Waals surface area contributed by atoms with E-state index in [9.17, 15) is 13.6 Å². The summed E-state index contributed by atoms with van der Waals surface area (Å²) < 4.78 is 34.7. The summed E-state index contributed by atoms with van der Waals surface area (Å²) in [4.78, 5) is 17.7. The number of rotatable bonds is 7. The van der Waals surface area contributed by atoms with Crippen molar-refractivity contribution in [3.8, 4) is 11.5 Å². The molecule has 0 saturated heterocycles. The summed E-state index contributed by atoms with van der Waals surface area (Å²) in [7, 11) is 3.23. The van der Waals surface area contributed by atoms with Crippen LogP contribution >= 0.6 is 11.3 Å². The molecule has 0 bridgehead atoms. The van der Waals surface area contributed by atoms with Gasteiger partial charge in [-0.05, 0) is 48.2 Å². The zero-order valence-electron chi connectivity index (χ0n) is 15.3. The predicted molar refractivity (Wildman–Crippen MR) is 99.4 cm³/mol. The van der Waals surface area contributed by atoms with E-state index in [0.29, 0.717) is 13.1 Å². The fraction of sp³-hybridized carbons (Fsp3) is 0.421. The number of alkyl halides is 2. The van der Waals surface area contributed by atoms with Crippen LogP contribution in [-0.2, 0) is 24.3 Å². The normalized spacial score (nSPS) is 13.8. The highest BCUT2D eigenvalue weighted by Crippen LogP contribution is 2.30.